The van der Waals surface area contributed by atoms with Crippen LogP contribution in [-0.4, -0.2) is 17.0 Å². The summed E-state index contributed by atoms with van der Waals surface area (Å²) in [6.45, 7) is 4.24. The monoisotopic (exact) mass is 304 g/mol. The van der Waals surface area contributed by atoms with Gasteiger partial charge in [-0.25, -0.2) is 4.98 Å². The molecule has 4 nitrogen and oxygen atoms in total. The van der Waals surface area contributed by atoms with Crippen molar-refractivity contribution in [3.63, 3.8) is 0 Å². The Morgan fingerprint density at radius 3 is 2.85 bits per heavy atom. The van der Waals surface area contributed by atoms with Gasteiger partial charge in [0.1, 0.15) is 10.6 Å². The second-order valence-corrected chi connectivity index (χ2v) is 6.66. The van der Waals surface area contributed by atoms with Crippen LogP contribution in [0.4, 0.5) is 11.8 Å². The van der Waals surface area contributed by atoms with Gasteiger partial charge in [-0.2, -0.15) is 16.3 Å². The molecule has 1 unspecified atom stereocenters. The molecule has 6 heteroatoms. The predicted octanol–water partition coefficient (Wildman–Crippen LogP) is 4.28. The van der Waals surface area contributed by atoms with Crippen LogP contribution >= 0.6 is 22.7 Å². The third kappa shape index (κ3) is 2.48. The first kappa shape index (κ1) is 13.3. The molecule has 0 bridgehead atoms. The van der Waals surface area contributed by atoms with Crippen molar-refractivity contribution in [1.82, 2.24) is 9.97 Å². The fourth-order valence-electron chi connectivity index (χ4n) is 2.07. The Labute approximate surface area is 125 Å². The zero-order chi connectivity index (χ0) is 14.1. The third-order valence-electron chi connectivity index (χ3n) is 3.14. The molecule has 0 aromatic carbocycles. The van der Waals surface area contributed by atoms with E-state index in [2.05, 4.69) is 57.3 Å². The van der Waals surface area contributed by atoms with E-state index in [9.17, 15) is 0 Å². The number of hydrogen-bond donors (Lipinski definition) is 2. The zero-order valence-electron chi connectivity index (χ0n) is 11.6. The Balaban J connectivity index is 2.01. The van der Waals surface area contributed by atoms with Gasteiger partial charge in [-0.15, -0.1) is 11.3 Å². The van der Waals surface area contributed by atoms with Gasteiger partial charge in [-0.1, -0.05) is 0 Å². The molecular formula is C14H16N4S2. The number of aryl methyl sites for hydroxylation is 1. The van der Waals surface area contributed by atoms with Crippen LogP contribution in [0.2, 0.25) is 0 Å². The smallest absolute Gasteiger partial charge is 0.225 e. The fraction of sp³-hybridized carbons (Fsp3) is 0.286. The van der Waals surface area contributed by atoms with Gasteiger partial charge in [-0.3, -0.25) is 0 Å². The average molecular weight is 304 g/mol. The molecule has 1 atom stereocenters. The van der Waals surface area contributed by atoms with E-state index < -0.39 is 0 Å². The van der Waals surface area contributed by atoms with Crippen molar-refractivity contribution in [3.05, 3.63) is 33.3 Å². The highest BCUT2D eigenvalue weighted by Gasteiger charge is 2.13. The van der Waals surface area contributed by atoms with Gasteiger partial charge in [0.25, 0.3) is 0 Å². The molecule has 0 saturated heterocycles. The topological polar surface area (TPSA) is 49.8 Å². The lowest BCUT2D eigenvalue weighted by molar-refractivity contribution is 0.882. The minimum absolute atomic E-state index is 0.226. The number of hydrogen-bond acceptors (Lipinski definition) is 6. The number of aromatic nitrogens is 2. The van der Waals surface area contributed by atoms with Crippen molar-refractivity contribution in [3.8, 4) is 0 Å². The van der Waals surface area contributed by atoms with Crippen molar-refractivity contribution >= 4 is 44.7 Å². The lowest BCUT2D eigenvalue weighted by Gasteiger charge is -2.14. The average Bonchev–Trinajstić information content (AvgIpc) is 3.06. The van der Waals surface area contributed by atoms with Gasteiger partial charge in [0, 0.05) is 11.9 Å². The summed E-state index contributed by atoms with van der Waals surface area (Å²) < 4.78 is 0. The molecule has 3 aromatic heterocycles. The first-order valence-corrected chi connectivity index (χ1v) is 8.18. The number of nitrogens with zero attached hydrogens (tertiary/aromatic N) is 2. The second-order valence-electron chi connectivity index (χ2n) is 4.64. The van der Waals surface area contributed by atoms with Crippen molar-refractivity contribution in [2.45, 2.75) is 19.9 Å². The molecule has 0 amide bonds. The quantitative estimate of drug-likeness (QED) is 0.755. The van der Waals surface area contributed by atoms with Gasteiger partial charge >= 0.3 is 0 Å². The van der Waals surface area contributed by atoms with E-state index in [1.807, 2.05) is 7.05 Å². The van der Waals surface area contributed by atoms with E-state index in [0.717, 1.165) is 16.0 Å². The minimum atomic E-state index is 0.226. The van der Waals surface area contributed by atoms with Gasteiger partial charge in [0.2, 0.25) is 5.95 Å². The van der Waals surface area contributed by atoms with Crippen molar-refractivity contribution in [1.29, 1.82) is 0 Å². The lowest BCUT2D eigenvalue weighted by Crippen LogP contribution is -2.09. The number of rotatable bonds is 4. The molecule has 20 heavy (non-hydrogen) atoms. The molecule has 3 rings (SSSR count). The Morgan fingerprint density at radius 2 is 2.15 bits per heavy atom. The summed E-state index contributed by atoms with van der Waals surface area (Å²) in [4.78, 5) is 11.3. The van der Waals surface area contributed by atoms with Crippen molar-refractivity contribution in [2.24, 2.45) is 0 Å². The molecular weight excluding hydrogens is 288 g/mol. The molecule has 104 valence electrons. The molecule has 2 N–H and O–H groups in total. The minimum Gasteiger partial charge on any atom is -0.363 e. The van der Waals surface area contributed by atoms with Gasteiger partial charge < -0.3 is 10.6 Å². The van der Waals surface area contributed by atoms with E-state index in [0.29, 0.717) is 5.95 Å². The maximum atomic E-state index is 4.56. The third-order valence-corrected chi connectivity index (χ3v) is 4.78. The van der Waals surface area contributed by atoms with Crippen LogP contribution in [0, 0.1) is 6.92 Å². The first-order chi connectivity index (χ1) is 9.67. The zero-order valence-corrected chi connectivity index (χ0v) is 13.2. The van der Waals surface area contributed by atoms with Crippen LogP contribution in [0.5, 0.6) is 0 Å². The summed E-state index contributed by atoms with van der Waals surface area (Å²) >= 11 is 3.40. The molecule has 0 spiro atoms. The Morgan fingerprint density at radius 1 is 1.30 bits per heavy atom. The number of anilines is 2. The van der Waals surface area contributed by atoms with Gasteiger partial charge in [0.15, 0.2) is 0 Å². The molecule has 0 aliphatic heterocycles. The van der Waals surface area contributed by atoms with Crippen LogP contribution < -0.4 is 10.6 Å². The summed E-state index contributed by atoms with van der Waals surface area (Å²) in [6, 6.07) is 4.50. The summed E-state index contributed by atoms with van der Waals surface area (Å²) in [7, 11) is 1.84. The fourth-order valence-corrected chi connectivity index (χ4v) is 3.71. The van der Waals surface area contributed by atoms with E-state index in [1.54, 1.807) is 22.7 Å². The van der Waals surface area contributed by atoms with E-state index >= 15 is 0 Å². The molecule has 3 aromatic rings. The second kappa shape index (κ2) is 5.38. The highest BCUT2D eigenvalue weighted by Crippen LogP contribution is 2.31. The Hall–Kier alpha value is -1.66. The maximum Gasteiger partial charge on any atom is 0.225 e. The number of fused-ring (bicyclic) bond motifs is 1. The Kier molecular flexibility index (Phi) is 3.58. The normalized spacial score (nSPS) is 12.6. The van der Waals surface area contributed by atoms with Crippen LogP contribution in [0.15, 0.2) is 22.9 Å². The summed E-state index contributed by atoms with van der Waals surface area (Å²) in [5.41, 5.74) is 1.28. The summed E-state index contributed by atoms with van der Waals surface area (Å²) in [5.74, 6) is 1.54. The molecule has 0 radical (unpaired) electrons. The van der Waals surface area contributed by atoms with E-state index in [4.69, 9.17) is 0 Å². The van der Waals surface area contributed by atoms with Crippen LogP contribution in [-0.2, 0) is 0 Å². The van der Waals surface area contributed by atoms with Crippen LogP contribution in [0.1, 0.15) is 23.4 Å². The molecule has 0 aliphatic rings. The lowest BCUT2D eigenvalue weighted by atomic mass is 10.2. The summed E-state index contributed by atoms with van der Waals surface area (Å²) in [5, 5.41) is 11.9. The molecule has 0 fully saturated rings. The number of nitrogens with one attached hydrogen (secondary N) is 2. The first-order valence-electron chi connectivity index (χ1n) is 6.42. The van der Waals surface area contributed by atoms with Crippen molar-refractivity contribution < 1.29 is 0 Å². The van der Waals surface area contributed by atoms with E-state index in [-0.39, 0.29) is 6.04 Å². The maximum absolute atomic E-state index is 4.56. The van der Waals surface area contributed by atoms with Crippen molar-refractivity contribution in [2.75, 3.05) is 17.7 Å². The van der Waals surface area contributed by atoms with Crippen LogP contribution in [0.25, 0.3) is 10.2 Å². The number of thiophene rings is 2. The molecule has 0 aliphatic carbocycles. The largest absolute Gasteiger partial charge is 0.363 e. The molecule has 0 saturated carbocycles. The highest BCUT2D eigenvalue weighted by atomic mass is 32.1. The summed E-state index contributed by atoms with van der Waals surface area (Å²) in [6.07, 6.45) is 0. The molecule has 3 heterocycles. The SMILES string of the molecule is CNc1nc(NC(C)c2ccsc2)c2cc(C)sc2n1. The van der Waals surface area contributed by atoms with Crippen LogP contribution in [0.3, 0.4) is 0 Å². The Bertz CT molecular complexity index is 718. The van der Waals surface area contributed by atoms with E-state index in [1.165, 1.54) is 10.4 Å². The predicted molar refractivity (Wildman–Crippen MR) is 88.1 cm³/mol. The van der Waals surface area contributed by atoms with Gasteiger partial charge in [0.05, 0.1) is 11.4 Å². The highest BCUT2D eigenvalue weighted by molar-refractivity contribution is 7.18. The van der Waals surface area contributed by atoms with Gasteiger partial charge in [-0.05, 0) is 42.3 Å². The standard InChI is InChI=1S/C14H16N4S2/c1-8-6-11-12(16-9(2)10-4-5-19-7-10)17-14(15-3)18-13(11)20-8/h4-7,9H,1-3H3,(H2,15,16,17,18).